The number of aromatic carboxylic acids is 1. The zero-order chi connectivity index (χ0) is 16.5. The van der Waals surface area contributed by atoms with Crippen molar-refractivity contribution in [2.45, 2.75) is 11.8 Å². The molecule has 2 aromatic rings. The molecule has 0 aromatic heterocycles. The van der Waals surface area contributed by atoms with Crippen LogP contribution in [0.3, 0.4) is 0 Å². The van der Waals surface area contributed by atoms with Crippen LogP contribution in [0.25, 0.3) is 0 Å². The van der Waals surface area contributed by atoms with Crippen molar-refractivity contribution >= 4 is 37.6 Å². The van der Waals surface area contributed by atoms with Gasteiger partial charge in [-0.15, -0.1) is 0 Å². The lowest BCUT2D eigenvalue weighted by atomic mass is 10.1. The van der Waals surface area contributed by atoms with Gasteiger partial charge in [0.15, 0.2) is 0 Å². The Hall–Kier alpha value is -2.06. The van der Waals surface area contributed by atoms with E-state index < -0.39 is 21.7 Å². The zero-order valence-electron chi connectivity index (χ0n) is 11.4. The molecule has 0 aliphatic heterocycles. The van der Waals surface area contributed by atoms with Gasteiger partial charge in [-0.25, -0.2) is 13.2 Å². The maximum absolute atomic E-state index is 12.3. The van der Waals surface area contributed by atoms with Crippen molar-refractivity contribution in [2.24, 2.45) is 0 Å². The zero-order valence-corrected chi connectivity index (χ0v) is 13.8. The Morgan fingerprint density at radius 2 is 1.91 bits per heavy atom. The molecule has 0 heterocycles. The van der Waals surface area contributed by atoms with E-state index in [1.165, 1.54) is 25.1 Å². The number of anilines is 1. The second kappa shape index (κ2) is 5.98. The summed E-state index contributed by atoms with van der Waals surface area (Å²) in [5.41, 5.74) is -0.0381. The van der Waals surface area contributed by atoms with Crippen molar-refractivity contribution in [3.63, 3.8) is 0 Å². The number of phenols is 1. The lowest BCUT2D eigenvalue weighted by Gasteiger charge is -2.13. The molecule has 8 heteroatoms. The van der Waals surface area contributed by atoms with E-state index in [0.717, 1.165) is 6.07 Å². The number of halogens is 1. The van der Waals surface area contributed by atoms with Crippen molar-refractivity contribution in [3.05, 3.63) is 52.0 Å². The molecular weight excluding hydrogens is 374 g/mol. The number of carboxylic acids is 1. The highest BCUT2D eigenvalue weighted by Gasteiger charge is 2.19. The van der Waals surface area contributed by atoms with Crippen LogP contribution in [0.15, 0.2) is 45.8 Å². The smallest absolute Gasteiger partial charge is 0.339 e. The summed E-state index contributed by atoms with van der Waals surface area (Å²) in [6, 6.07) is 8.57. The average Bonchev–Trinajstić information content (AvgIpc) is 2.43. The second-order valence-corrected chi connectivity index (χ2v) is 7.10. The first-order valence-electron chi connectivity index (χ1n) is 6.06. The first-order chi connectivity index (χ1) is 10.2. The van der Waals surface area contributed by atoms with Gasteiger partial charge in [0.25, 0.3) is 10.0 Å². The third-order valence-corrected chi connectivity index (χ3v) is 4.87. The Bertz CT molecular complexity index is 848. The van der Waals surface area contributed by atoms with E-state index in [9.17, 15) is 18.3 Å². The minimum Gasteiger partial charge on any atom is -0.507 e. The van der Waals surface area contributed by atoms with Crippen molar-refractivity contribution < 1.29 is 23.4 Å². The highest BCUT2D eigenvalue weighted by atomic mass is 79.9. The lowest BCUT2D eigenvalue weighted by Crippen LogP contribution is -2.14. The molecule has 0 unspecified atom stereocenters. The Morgan fingerprint density at radius 3 is 2.50 bits per heavy atom. The molecule has 0 atom stereocenters. The normalized spacial score (nSPS) is 11.2. The minimum absolute atomic E-state index is 0.0445. The van der Waals surface area contributed by atoms with E-state index in [-0.39, 0.29) is 21.7 Å². The largest absolute Gasteiger partial charge is 0.507 e. The fourth-order valence-electron chi connectivity index (χ4n) is 1.82. The summed E-state index contributed by atoms with van der Waals surface area (Å²) < 4.78 is 27.6. The Kier molecular flexibility index (Phi) is 4.43. The van der Waals surface area contributed by atoms with E-state index in [1.54, 1.807) is 12.1 Å². The van der Waals surface area contributed by atoms with E-state index in [0.29, 0.717) is 4.47 Å². The summed E-state index contributed by atoms with van der Waals surface area (Å²) in [6.07, 6.45) is 0. The Labute approximate surface area is 135 Å². The number of nitrogens with one attached hydrogen (secondary N) is 1. The van der Waals surface area contributed by atoms with Crippen LogP contribution >= 0.6 is 15.9 Å². The van der Waals surface area contributed by atoms with E-state index >= 15 is 0 Å². The maximum atomic E-state index is 12.3. The molecule has 0 bridgehead atoms. The standard InChI is InChI=1S/C14H12BrNO5S/c1-8-12(6-5-11(13(8)17)14(18)19)16-22(20,21)10-4-2-3-9(15)7-10/h2-7,16-17H,1H3,(H,18,19). The SMILES string of the molecule is Cc1c(NS(=O)(=O)c2cccc(Br)c2)ccc(C(=O)O)c1O. The van der Waals surface area contributed by atoms with Gasteiger partial charge in [-0.2, -0.15) is 0 Å². The first kappa shape index (κ1) is 16.3. The van der Waals surface area contributed by atoms with Crippen molar-refractivity contribution in [2.75, 3.05) is 4.72 Å². The van der Waals surface area contributed by atoms with E-state index in [4.69, 9.17) is 5.11 Å². The molecule has 0 saturated heterocycles. The quantitative estimate of drug-likeness (QED) is 0.750. The van der Waals surface area contributed by atoms with Crippen LogP contribution in [-0.4, -0.2) is 24.6 Å². The molecule has 0 saturated carbocycles. The van der Waals surface area contributed by atoms with Gasteiger partial charge >= 0.3 is 5.97 Å². The number of sulfonamides is 1. The molecule has 0 radical (unpaired) electrons. The molecule has 0 aliphatic carbocycles. The highest BCUT2D eigenvalue weighted by molar-refractivity contribution is 9.10. The molecule has 116 valence electrons. The van der Waals surface area contributed by atoms with Crippen molar-refractivity contribution in [1.29, 1.82) is 0 Å². The van der Waals surface area contributed by atoms with E-state index in [1.807, 2.05) is 0 Å². The van der Waals surface area contributed by atoms with Crippen LogP contribution < -0.4 is 4.72 Å². The summed E-state index contributed by atoms with van der Waals surface area (Å²) in [4.78, 5) is 11.0. The number of carboxylic acid groups (broad SMARTS) is 1. The molecule has 0 spiro atoms. The third-order valence-electron chi connectivity index (χ3n) is 3.01. The summed E-state index contributed by atoms with van der Waals surface area (Å²) in [5.74, 6) is -1.76. The first-order valence-corrected chi connectivity index (χ1v) is 8.34. The van der Waals surface area contributed by atoms with Gasteiger partial charge in [0.05, 0.1) is 10.6 Å². The third kappa shape index (κ3) is 3.23. The molecule has 2 rings (SSSR count). The van der Waals surface area contributed by atoms with Gasteiger partial charge in [-0.1, -0.05) is 22.0 Å². The van der Waals surface area contributed by atoms with Crippen LogP contribution in [0.2, 0.25) is 0 Å². The molecule has 22 heavy (non-hydrogen) atoms. The molecule has 0 aliphatic rings. The van der Waals surface area contributed by atoms with Crippen molar-refractivity contribution in [1.82, 2.24) is 0 Å². The lowest BCUT2D eigenvalue weighted by molar-refractivity contribution is 0.0693. The Morgan fingerprint density at radius 1 is 1.23 bits per heavy atom. The van der Waals surface area contributed by atoms with Crippen LogP contribution in [-0.2, 0) is 10.0 Å². The number of rotatable bonds is 4. The second-order valence-electron chi connectivity index (χ2n) is 4.50. The molecule has 0 amide bonds. The van der Waals surface area contributed by atoms with Crippen LogP contribution in [0, 0.1) is 6.92 Å². The summed E-state index contributed by atoms with van der Waals surface area (Å²) >= 11 is 3.19. The highest BCUT2D eigenvalue weighted by Crippen LogP contribution is 2.30. The topological polar surface area (TPSA) is 104 Å². The van der Waals surface area contributed by atoms with Gasteiger partial charge in [0.1, 0.15) is 11.3 Å². The van der Waals surface area contributed by atoms with Gasteiger partial charge in [0, 0.05) is 10.0 Å². The monoisotopic (exact) mass is 385 g/mol. The minimum atomic E-state index is -3.85. The fraction of sp³-hybridized carbons (Fsp3) is 0.0714. The van der Waals surface area contributed by atoms with Crippen molar-refractivity contribution in [3.8, 4) is 5.75 Å². The average molecular weight is 386 g/mol. The number of aromatic hydroxyl groups is 1. The summed E-state index contributed by atoms with van der Waals surface area (Å²) in [5, 5.41) is 18.8. The molecule has 3 N–H and O–H groups in total. The molecule has 0 fully saturated rings. The van der Waals surface area contributed by atoms with Gasteiger partial charge < -0.3 is 10.2 Å². The number of carbonyl (C=O) groups is 1. The van der Waals surface area contributed by atoms with E-state index in [2.05, 4.69) is 20.7 Å². The van der Waals surface area contributed by atoms with Gasteiger partial charge in [0.2, 0.25) is 0 Å². The number of hydrogen-bond donors (Lipinski definition) is 3. The number of benzene rings is 2. The van der Waals surface area contributed by atoms with Gasteiger partial charge in [-0.05, 0) is 37.3 Å². The van der Waals surface area contributed by atoms with Crippen LogP contribution in [0.1, 0.15) is 15.9 Å². The summed E-state index contributed by atoms with van der Waals surface area (Å²) in [7, 11) is -3.85. The fourth-order valence-corrected chi connectivity index (χ4v) is 3.54. The molecule has 2 aromatic carbocycles. The van der Waals surface area contributed by atoms with Gasteiger partial charge in [-0.3, -0.25) is 4.72 Å². The number of hydrogen-bond acceptors (Lipinski definition) is 4. The predicted octanol–water partition coefficient (Wildman–Crippen LogP) is 2.96. The Balaban J connectivity index is 2.43. The predicted molar refractivity (Wildman–Crippen MR) is 84.8 cm³/mol. The van der Waals surface area contributed by atoms with Crippen LogP contribution in [0.5, 0.6) is 5.75 Å². The summed E-state index contributed by atoms with van der Waals surface area (Å²) in [6.45, 7) is 1.43. The molecule has 6 nitrogen and oxygen atoms in total. The molecular formula is C14H12BrNO5S. The van der Waals surface area contributed by atoms with Crippen LogP contribution in [0.4, 0.5) is 5.69 Å². The maximum Gasteiger partial charge on any atom is 0.339 e.